The first kappa shape index (κ1) is 17.7. The second kappa shape index (κ2) is 7.44. The fraction of sp³-hybridized carbons (Fsp3) is 0.238. The Kier molecular flexibility index (Phi) is 5.07. The Balaban J connectivity index is 2.04. The molecule has 1 aromatic heterocycles. The average Bonchev–Trinajstić information content (AvgIpc) is 2.96. The maximum Gasteiger partial charge on any atom is 0.307 e. The van der Waals surface area contributed by atoms with Crippen LogP contribution in [0.5, 0.6) is 5.75 Å². The molecule has 0 saturated carbocycles. The molecule has 0 fully saturated rings. The molecule has 134 valence electrons. The van der Waals surface area contributed by atoms with Crippen molar-refractivity contribution in [3.63, 3.8) is 0 Å². The number of nitrogens with zero attached hydrogens (tertiary/aromatic N) is 1. The Hall–Kier alpha value is -3.08. The molecule has 1 heterocycles. The highest BCUT2D eigenvalue weighted by Gasteiger charge is 2.17. The van der Waals surface area contributed by atoms with Gasteiger partial charge in [0.25, 0.3) is 5.91 Å². The molecule has 5 nitrogen and oxygen atoms in total. The Morgan fingerprint density at radius 2 is 1.88 bits per heavy atom. The highest BCUT2D eigenvalue weighted by molar-refractivity contribution is 6.04. The van der Waals surface area contributed by atoms with Crippen molar-refractivity contribution in [1.29, 1.82) is 0 Å². The van der Waals surface area contributed by atoms with E-state index in [1.54, 1.807) is 34.9 Å². The van der Waals surface area contributed by atoms with Gasteiger partial charge in [-0.05, 0) is 49.2 Å². The van der Waals surface area contributed by atoms with Gasteiger partial charge >= 0.3 is 5.97 Å². The Bertz CT molecular complexity index is 971. The van der Waals surface area contributed by atoms with Gasteiger partial charge in [0.15, 0.2) is 0 Å². The number of benzene rings is 2. The quantitative estimate of drug-likeness (QED) is 0.727. The van der Waals surface area contributed by atoms with Gasteiger partial charge in [0.2, 0.25) is 0 Å². The standard InChI is InChI=1S/C21H21NO4/c1-3-10-26-17-8-4-7-16(12-17)21(25)22-14(2)11-18-15(13-20(23)24)6-5-9-19(18)22/h4-9,11-12H,3,10,13H2,1-2H3,(H,23,24). The van der Waals surface area contributed by atoms with Gasteiger partial charge in [0.1, 0.15) is 5.75 Å². The fourth-order valence-electron chi connectivity index (χ4n) is 3.08. The minimum atomic E-state index is -0.894. The summed E-state index contributed by atoms with van der Waals surface area (Å²) in [5, 5.41) is 9.89. The number of carbonyl (C=O) groups excluding carboxylic acids is 1. The summed E-state index contributed by atoms with van der Waals surface area (Å²) in [7, 11) is 0. The monoisotopic (exact) mass is 351 g/mol. The van der Waals surface area contributed by atoms with Gasteiger partial charge < -0.3 is 9.84 Å². The lowest BCUT2D eigenvalue weighted by Gasteiger charge is -2.10. The predicted molar refractivity (Wildman–Crippen MR) is 100.0 cm³/mol. The summed E-state index contributed by atoms with van der Waals surface area (Å²) in [5.74, 6) is -0.389. The van der Waals surface area contributed by atoms with E-state index in [0.29, 0.717) is 29.0 Å². The van der Waals surface area contributed by atoms with Crippen molar-refractivity contribution in [2.75, 3.05) is 6.61 Å². The number of carbonyl (C=O) groups is 2. The zero-order valence-electron chi connectivity index (χ0n) is 14.9. The second-order valence-corrected chi connectivity index (χ2v) is 6.22. The summed E-state index contributed by atoms with van der Waals surface area (Å²) >= 11 is 0. The van der Waals surface area contributed by atoms with E-state index in [1.165, 1.54) is 0 Å². The lowest BCUT2D eigenvalue weighted by molar-refractivity contribution is -0.136. The summed E-state index contributed by atoms with van der Waals surface area (Å²) in [5.41, 5.74) is 2.71. The molecule has 0 saturated heterocycles. The molecule has 2 aromatic carbocycles. The van der Waals surface area contributed by atoms with Gasteiger partial charge in [-0.25, -0.2) is 0 Å². The summed E-state index contributed by atoms with van der Waals surface area (Å²) in [6.45, 7) is 4.47. The Morgan fingerprint density at radius 1 is 1.12 bits per heavy atom. The van der Waals surface area contributed by atoms with Crippen molar-refractivity contribution >= 4 is 22.8 Å². The third-order valence-electron chi connectivity index (χ3n) is 4.22. The molecule has 0 atom stereocenters. The van der Waals surface area contributed by atoms with Crippen molar-refractivity contribution in [1.82, 2.24) is 4.57 Å². The third kappa shape index (κ3) is 3.47. The summed E-state index contributed by atoms with van der Waals surface area (Å²) in [6, 6.07) is 14.4. The Labute approximate surface area is 151 Å². The van der Waals surface area contributed by atoms with Crippen LogP contribution in [-0.4, -0.2) is 28.2 Å². The van der Waals surface area contributed by atoms with Gasteiger partial charge in [-0.3, -0.25) is 14.2 Å². The smallest absolute Gasteiger partial charge is 0.307 e. The molecule has 0 radical (unpaired) electrons. The highest BCUT2D eigenvalue weighted by atomic mass is 16.5. The van der Waals surface area contributed by atoms with Crippen LogP contribution in [0.1, 0.15) is 35.0 Å². The van der Waals surface area contributed by atoms with E-state index in [4.69, 9.17) is 9.84 Å². The van der Waals surface area contributed by atoms with Crippen LogP contribution >= 0.6 is 0 Å². The molecule has 3 rings (SSSR count). The van der Waals surface area contributed by atoms with Crippen molar-refractivity contribution in [2.24, 2.45) is 0 Å². The number of hydrogen-bond donors (Lipinski definition) is 1. The van der Waals surface area contributed by atoms with Crippen molar-refractivity contribution < 1.29 is 19.4 Å². The van der Waals surface area contributed by atoms with Gasteiger partial charge in [-0.15, -0.1) is 0 Å². The second-order valence-electron chi connectivity index (χ2n) is 6.22. The molecule has 0 spiro atoms. The fourth-order valence-corrected chi connectivity index (χ4v) is 3.08. The van der Waals surface area contributed by atoms with Crippen molar-refractivity contribution in [3.05, 3.63) is 65.4 Å². The number of rotatable bonds is 6. The minimum absolute atomic E-state index is 0.0741. The van der Waals surface area contributed by atoms with Crippen LogP contribution in [0.4, 0.5) is 0 Å². The van der Waals surface area contributed by atoms with E-state index in [1.807, 2.05) is 32.0 Å². The molecule has 0 aliphatic rings. The van der Waals surface area contributed by atoms with Crippen molar-refractivity contribution in [2.45, 2.75) is 26.7 Å². The zero-order valence-corrected chi connectivity index (χ0v) is 14.9. The molecule has 0 aliphatic heterocycles. The van der Waals surface area contributed by atoms with E-state index < -0.39 is 5.97 Å². The van der Waals surface area contributed by atoms with Crippen LogP contribution in [0.3, 0.4) is 0 Å². The third-order valence-corrected chi connectivity index (χ3v) is 4.22. The molecule has 3 aromatic rings. The molecule has 0 amide bonds. The van der Waals surface area contributed by atoms with E-state index in [-0.39, 0.29) is 12.3 Å². The van der Waals surface area contributed by atoms with Crippen molar-refractivity contribution in [3.8, 4) is 5.75 Å². The number of ether oxygens (including phenoxy) is 1. The number of aromatic nitrogens is 1. The zero-order chi connectivity index (χ0) is 18.7. The SMILES string of the molecule is CCCOc1cccc(C(=O)n2c(C)cc3c(CC(=O)O)cccc32)c1. The first-order valence-electron chi connectivity index (χ1n) is 8.60. The van der Waals surface area contributed by atoms with E-state index in [2.05, 4.69) is 0 Å². The predicted octanol–water partition coefficient (Wildman–Crippen LogP) is 4.05. The van der Waals surface area contributed by atoms with Gasteiger partial charge in [-0.1, -0.05) is 25.1 Å². The first-order valence-corrected chi connectivity index (χ1v) is 8.60. The Morgan fingerprint density at radius 3 is 2.62 bits per heavy atom. The molecular weight excluding hydrogens is 330 g/mol. The summed E-state index contributed by atoms with van der Waals surface area (Å²) in [4.78, 5) is 24.2. The number of fused-ring (bicyclic) bond motifs is 1. The van der Waals surface area contributed by atoms with Crippen LogP contribution in [0.25, 0.3) is 10.9 Å². The van der Waals surface area contributed by atoms with Crippen LogP contribution in [0.2, 0.25) is 0 Å². The number of carboxylic acid groups (broad SMARTS) is 1. The van der Waals surface area contributed by atoms with Crippen LogP contribution in [0.15, 0.2) is 48.5 Å². The summed E-state index contributed by atoms with van der Waals surface area (Å²) in [6.07, 6.45) is 0.821. The van der Waals surface area contributed by atoms with Crippen LogP contribution in [-0.2, 0) is 11.2 Å². The topological polar surface area (TPSA) is 68.5 Å². The molecular formula is C21H21NO4. The highest BCUT2D eigenvalue weighted by Crippen LogP contribution is 2.25. The van der Waals surface area contributed by atoms with Gasteiger partial charge in [0.05, 0.1) is 18.5 Å². The summed E-state index contributed by atoms with van der Waals surface area (Å²) < 4.78 is 7.24. The maximum absolute atomic E-state index is 13.1. The molecule has 0 aliphatic carbocycles. The number of carboxylic acids is 1. The van der Waals surface area contributed by atoms with E-state index in [9.17, 15) is 9.59 Å². The lowest BCUT2D eigenvalue weighted by atomic mass is 10.1. The van der Waals surface area contributed by atoms with Gasteiger partial charge in [-0.2, -0.15) is 0 Å². The van der Waals surface area contributed by atoms with E-state index in [0.717, 1.165) is 17.5 Å². The number of aliphatic carboxylic acids is 1. The molecule has 26 heavy (non-hydrogen) atoms. The van der Waals surface area contributed by atoms with E-state index >= 15 is 0 Å². The minimum Gasteiger partial charge on any atom is -0.494 e. The van der Waals surface area contributed by atoms with Crippen LogP contribution in [0, 0.1) is 6.92 Å². The lowest BCUT2D eigenvalue weighted by Crippen LogP contribution is -2.13. The van der Waals surface area contributed by atoms with Gasteiger partial charge in [0, 0.05) is 16.6 Å². The molecule has 5 heteroatoms. The average molecular weight is 351 g/mol. The van der Waals surface area contributed by atoms with Crippen LogP contribution < -0.4 is 4.74 Å². The molecule has 0 unspecified atom stereocenters. The number of aryl methyl sites for hydroxylation is 1. The number of hydrogen-bond acceptors (Lipinski definition) is 3. The molecule has 1 N–H and O–H groups in total. The first-order chi connectivity index (χ1) is 12.5. The maximum atomic E-state index is 13.1. The largest absolute Gasteiger partial charge is 0.494 e. The molecule has 0 bridgehead atoms. The normalized spacial score (nSPS) is 10.8.